The van der Waals surface area contributed by atoms with Crippen molar-refractivity contribution in [2.24, 2.45) is 5.10 Å². The minimum Gasteiger partial charge on any atom is -0.493 e. The topological polar surface area (TPSA) is 50.7 Å². The van der Waals surface area contributed by atoms with E-state index in [1.54, 1.807) is 18.0 Å². The van der Waals surface area contributed by atoms with Crippen molar-refractivity contribution >= 4 is 35.5 Å². The smallest absolute Gasteiger partial charge is 0.244 e. The summed E-state index contributed by atoms with van der Waals surface area (Å²) in [6, 6.07) is 13.3. The fraction of sp³-hybridized carbons (Fsp3) is 0.391. The number of unbranched alkanes of at least 4 members (excludes halogenated alkanes) is 4. The van der Waals surface area contributed by atoms with Gasteiger partial charge in [0, 0.05) is 15.5 Å². The Morgan fingerprint density at radius 2 is 1.97 bits per heavy atom. The van der Waals surface area contributed by atoms with E-state index >= 15 is 0 Å². The lowest BCUT2D eigenvalue weighted by molar-refractivity contribution is -0.120. The third-order valence-electron chi connectivity index (χ3n) is 4.41. The SMILES string of the molecule is CCCCCCCOc1ccccc1/C=N\NC(=O)Cc1cc(Cl)ccc1SC. The van der Waals surface area contributed by atoms with Gasteiger partial charge in [0.15, 0.2) is 0 Å². The summed E-state index contributed by atoms with van der Waals surface area (Å²) in [5, 5.41) is 4.72. The highest BCUT2D eigenvalue weighted by Gasteiger charge is 2.08. The van der Waals surface area contributed by atoms with Gasteiger partial charge >= 0.3 is 0 Å². The van der Waals surface area contributed by atoms with Crippen LogP contribution in [-0.4, -0.2) is 25.0 Å². The maximum absolute atomic E-state index is 12.3. The largest absolute Gasteiger partial charge is 0.493 e. The van der Waals surface area contributed by atoms with Crippen LogP contribution in [0.15, 0.2) is 52.5 Å². The monoisotopic (exact) mass is 432 g/mol. The molecule has 0 saturated carbocycles. The molecule has 2 rings (SSSR count). The summed E-state index contributed by atoms with van der Waals surface area (Å²) in [5.74, 6) is 0.591. The molecule has 4 nitrogen and oxygen atoms in total. The molecule has 1 amide bonds. The van der Waals surface area contributed by atoms with Gasteiger partial charge in [-0.2, -0.15) is 5.10 Å². The normalized spacial score (nSPS) is 11.0. The standard InChI is InChI=1S/C23H29ClN2O2S/c1-3-4-5-6-9-14-28-21-11-8-7-10-18(21)17-25-26-23(27)16-19-15-20(24)12-13-22(19)29-2/h7-8,10-13,15,17H,3-6,9,14,16H2,1-2H3,(H,26,27)/b25-17-. The minimum absolute atomic E-state index is 0.187. The Labute approximate surface area is 183 Å². The van der Waals surface area contributed by atoms with Crippen molar-refractivity contribution in [1.82, 2.24) is 5.43 Å². The first kappa shape index (κ1) is 23.3. The lowest BCUT2D eigenvalue weighted by atomic mass is 10.1. The molecule has 0 bridgehead atoms. The average molecular weight is 433 g/mol. The Hall–Kier alpha value is -1.98. The predicted molar refractivity (Wildman–Crippen MR) is 123 cm³/mol. The second kappa shape index (κ2) is 13.3. The molecule has 0 aliphatic heterocycles. The van der Waals surface area contributed by atoms with Crippen molar-refractivity contribution in [3.8, 4) is 5.75 Å². The molecular formula is C23H29ClN2O2S. The van der Waals surface area contributed by atoms with Gasteiger partial charge < -0.3 is 4.74 Å². The minimum atomic E-state index is -0.187. The summed E-state index contributed by atoms with van der Waals surface area (Å²) in [4.78, 5) is 13.3. The number of carbonyl (C=O) groups is 1. The number of halogens is 1. The number of amides is 1. The van der Waals surface area contributed by atoms with E-state index in [-0.39, 0.29) is 12.3 Å². The fourth-order valence-electron chi connectivity index (χ4n) is 2.88. The Kier molecular flexibility index (Phi) is 10.7. The van der Waals surface area contributed by atoms with E-state index in [0.717, 1.165) is 28.2 Å². The first-order valence-corrected chi connectivity index (χ1v) is 11.6. The molecule has 1 N–H and O–H groups in total. The quantitative estimate of drug-likeness (QED) is 0.191. The van der Waals surface area contributed by atoms with Crippen molar-refractivity contribution in [2.75, 3.05) is 12.9 Å². The van der Waals surface area contributed by atoms with Crippen LogP contribution in [0.3, 0.4) is 0 Å². The highest BCUT2D eigenvalue weighted by Crippen LogP contribution is 2.24. The van der Waals surface area contributed by atoms with Gasteiger partial charge in [-0.3, -0.25) is 4.79 Å². The summed E-state index contributed by atoms with van der Waals surface area (Å²) >= 11 is 7.64. The van der Waals surface area contributed by atoms with Crippen LogP contribution in [0, 0.1) is 0 Å². The van der Waals surface area contributed by atoms with Crippen molar-refractivity contribution in [1.29, 1.82) is 0 Å². The molecule has 0 saturated heterocycles. The van der Waals surface area contributed by atoms with Crippen LogP contribution in [0.5, 0.6) is 5.75 Å². The number of carbonyl (C=O) groups excluding carboxylic acids is 1. The van der Waals surface area contributed by atoms with Crippen molar-refractivity contribution in [3.05, 3.63) is 58.6 Å². The zero-order valence-electron chi connectivity index (χ0n) is 17.1. The van der Waals surface area contributed by atoms with Gasteiger partial charge in [0.2, 0.25) is 5.91 Å². The van der Waals surface area contributed by atoms with E-state index in [2.05, 4.69) is 17.5 Å². The van der Waals surface area contributed by atoms with Crippen LogP contribution in [-0.2, 0) is 11.2 Å². The number of nitrogens with one attached hydrogen (secondary N) is 1. The van der Waals surface area contributed by atoms with Crippen LogP contribution < -0.4 is 10.2 Å². The van der Waals surface area contributed by atoms with Gasteiger partial charge in [0.05, 0.1) is 19.2 Å². The zero-order valence-corrected chi connectivity index (χ0v) is 18.7. The lowest BCUT2D eigenvalue weighted by Gasteiger charge is -2.09. The van der Waals surface area contributed by atoms with Gasteiger partial charge in [-0.05, 0) is 48.6 Å². The molecule has 6 heteroatoms. The molecular weight excluding hydrogens is 404 g/mol. The van der Waals surface area contributed by atoms with Gasteiger partial charge in [-0.25, -0.2) is 5.43 Å². The second-order valence-corrected chi connectivity index (χ2v) is 8.01. The van der Waals surface area contributed by atoms with Crippen LogP contribution >= 0.6 is 23.4 Å². The number of thioether (sulfide) groups is 1. The Morgan fingerprint density at radius 1 is 1.17 bits per heavy atom. The molecule has 29 heavy (non-hydrogen) atoms. The van der Waals surface area contributed by atoms with Crippen LogP contribution in [0.1, 0.15) is 50.2 Å². The molecule has 2 aromatic rings. The molecule has 156 valence electrons. The summed E-state index contributed by atoms with van der Waals surface area (Å²) < 4.78 is 5.89. The molecule has 0 fully saturated rings. The number of hydrogen-bond donors (Lipinski definition) is 1. The Morgan fingerprint density at radius 3 is 2.76 bits per heavy atom. The number of hydrogen-bond acceptors (Lipinski definition) is 4. The summed E-state index contributed by atoms with van der Waals surface area (Å²) in [7, 11) is 0. The molecule has 0 unspecified atom stereocenters. The molecule has 0 heterocycles. The Bertz CT molecular complexity index is 811. The average Bonchev–Trinajstić information content (AvgIpc) is 2.72. The maximum Gasteiger partial charge on any atom is 0.244 e. The van der Waals surface area contributed by atoms with E-state index in [1.165, 1.54) is 25.7 Å². The number of benzene rings is 2. The predicted octanol–water partition coefficient (Wildman–Crippen LogP) is 6.10. The van der Waals surface area contributed by atoms with E-state index in [0.29, 0.717) is 11.6 Å². The summed E-state index contributed by atoms with van der Waals surface area (Å²) in [6.45, 7) is 2.90. The van der Waals surface area contributed by atoms with Gasteiger partial charge in [-0.1, -0.05) is 56.3 Å². The van der Waals surface area contributed by atoms with Crippen LogP contribution in [0.2, 0.25) is 5.02 Å². The maximum atomic E-state index is 12.3. The third kappa shape index (κ3) is 8.50. The van der Waals surface area contributed by atoms with Gasteiger partial charge in [-0.15, -0.1) is 11.8 Å². The van der Waals surface area contributed by atoms with E-state index in [4.69, 9.17) is 16.3 Å². The molecule has 0 radical (unpaired) electrons. The second-order valence-electron chi connectivity index (χ2n) is 6.73. The van der Waals surface area contributed by atoms with Crippen molar-refractivity contribution < 1.29 is 9.53 Å². The third-order valence-corrected chi connectivity index (χ3v) is 5.48. The van der Waals surface area contributed by atoms with Gasteiger partial charge in [0.25, 0.3) is 0 Å². The first-order chi connectivity index (χ1) is 14.1. The lowest BCUT2D eigenvalue weighted by Crippen LogP contribution is -2.20. The number of nitrogens with zero attached hydrogens (tertiary/aromatic N) is 1. The van der Waals surface area contributed by atoms with E-state index in [9.17, 15) is 4.79 Å². The number of hydrazone groups is 1. The van der Waals surface area contributed by atoms with Crippen molar-refractivity contribution in [2.45, 2.75) is 50.3 Å². The van der Waals surface area contributed by atoms with Crippen LogP contribution in [0.4, 0.5) is 0 Å². The molecule has 0 aliphatic carbocycles. The molecule has 0 aromatic heterocycles. The van der Waals surface area contributed by atoms with Gasteiger partial charge in [0.1, 0.15) is 5.75 Å². The molecule has 0 aliphatic rings. The highest BCUT2D eigenvalue weighted by molar-refractivity contribution is 7.98. The van der Waals surface area contributed by atoms with E-state index in [1.807, 2.05) is 48.7 Å². The molecule has 0 spiro atoms. The molecule has 2 aromatic carbocycles. The van der Waals surface area contributed by atoms with Crippen LogP contribution in [0.25, 0.3) is 0 Å². The molecule has 0 atom stereocenters. The summed E-state index contributed by atoms with van der Waals surface area (Å²) in [6.07, 6.45) is 9.81. The van der Waals surface area contributed by atoms with E-state index < -0.39 is 0 Å². The first-order valence-electron chi connectivity index (χ1n) is 10.00. The Balaban J connectivity index is 1.87. The zero-order chi connectivity index (χ0) is 20.9. The van der Waals surface area contributed by atoms with Crippen molar-refractivity contribution in [3.63, 3.8) is 0 Å². The highest BCUT2D eigenvalue weighted by atomic mass is 35.5. The summed E-state index contributed by atoms with van der Waals surface area (Å²) in [5.41, 5.74) is 4.33. The fourth-order valence-corrected chi connectivity index (χ4v) is 3.67. The number of rotatable bonds is 12. The number of ether oxygens (including phenoxy) is 1. The number of para-hydroxylation sites is 1.